The van der Waals surface area contributed by atoms with Gasteiger partial charge in [-0.1, -0.05) is 12.1 Å². The molecule has 0 atom stereocenters. The molecule has 0 aliphatic rings. The molecule has 0 radical (unpaired) electrons. The Bertz CT molecular complexity index is 603. The number of pyridine rings is 1. The molecule has 1 aromatic carbocycles. The molecule has 0 N–H and O–H groups in total. The molecule has 0 unspecified atom stereocenters. The van der Waals surface area contributed by atoms with Crippen LogP contribution in [0.25, 0.3) is 0 Å². The molecule has 0 fully saturated rings. The van der Waals surface area contributed by atoms with E-state index in [4.69, 9.17) is 0 Å². The van der Waals surface area contributed by atoms with E-state index in [-0.39, 0.29) is 11.3 Å². The van der Waals surface area contributed by atoms with Crippen molar-refractivity contribution in [3.8, 4) is 0 Å². The molecule has 0 saturated heterocycles. The Labute approximate surface area is 107 Å². The fraction of sp³-hybridized carbons (Fsp3) is 0.143. The summed E-state index contributed by atoms with van der Waals surface area (Å²) in [5.74, 6) is -0.343. The number of hydrogen-bond donors (Lipinski definition) is 0. The van der Waals surface area contributed by atoms with E-state index in [0.29, 0.717) is 5.56 Å². The van der Waals surface area contributed by atoms with Crippen molar-refractivity contribution in [2.75, 3.05) is 0 Å². The lowest BCUT2D eigenvalue weighted by molar-refractivity contribution is -0.137. The molecule has 1 heterocycles. The van der Waals surface area contributed by atoms with Crippen molar-refractivity contribution in [3.05, 3.63) is 65.0 Å². The average Bonchev–Trinajstić information content (AvgIpc) is 2.37. The minimum absolute atomic E-state index is 0.209. The number of carbonyl (C=O) groups excluding carboxylic acids is 1. The molecule has 2 aromatic rings. The summed E-state index contributed by atoms with van der Waals surface area (Å²) in [6.07, 6.45) is -1.40. The number of ketones is 1. The first-order valence-electron chi connectivity index (χ1n) is 5.51. The summed E-state index contributed by atoms with van der Waals surface area (Å²) in [6, 6.07) is 5.79. The van der Waals surface area contributed by atoms with Crippen LogP contribution in [-0.4, -0.2) is 10.8 Å². The van der Waals surface area contributed by atoms with Gasteiger partial charge in [-0.3, -0.25) is 9.78 Å². The van der Waals surface area contributed by atoms with Gasteiger partial charge in [0.25, 0.3) is 0 Å². The molecular weight excluding hydrogens is 255 g/mol. The Kier molecular flexibility index (Phi) is 3.38. The van der Waals surface area contributed by atoms with Gasteiger partial charge in [-0.05, 0) is 30.7 Å². The maximum atomic E-state index is 12.4. The van der Waals surface area contributed by atoms with Crippen LogP contribution >= 0.6 is 0 Å². The van der Waals surface area contributed by atoms with Crippen LogP contribution in [0, 0.1) is 6.92 Å². The molecule has 2 nitrogen and oxygen atoms in total. The molecule has 0 bridgehead atoms. The molecule has 0 aliphatic heterocycles. The van der Waals surface area contributed by atoms with Crippen LogP contribution < -0.4 is 0 Å². The Balaban J connectivity index is 2.30. The molecule has 2 rings (SSSR count). The number of alkyl halides is 3. The highest BCUT2D eigenvalue weighted by Gasteiger charge is 2.30. The summed E-state index contributed by atoms with van der Waals surface area (Å²) in [7, 11) is 0. The quantitative estimate of drug-likeness (QED) is 0.776. The van der Waals surface area contributed by atoms with Crippen LogP contribution in [-0.2, 0) is 6.18 Å². The first-order valence-corrected chi connectivity index (χ1v) is 5.51. The topological polar surface area (TPSA) is 30.0 Å². The van der Waals surface area contributed by atoms with Gasteiger partial charge in [0.2, 0.25) is 0 Å². The summed E-state index contributed by atoms with van der Waals surface area (Å²) in [4.78, 5) is 15.9. The van der Waals surface area contributed by atoms with Crippen molar-refractivity contribution >= 4 is 5.78 Å². The van der Waals surface area contributed by atoms with Crippen LogP contribution in [0.1, 0.15) is 27.0 Å². The monoisotopic (exact) mass is 265 g/mol. The van der Waals surface area contributed by atoms with E-state index in [1.165, 1.54) is 18.3 Å². The third-order valence-electron chi connectivity index (χ3n) is 2.61. The third kappa shape index (κ3) is 2.99. The largest absolute Gasteiger partial charge is 0.416 e. The van der Waals surface area contributed by atoms with Crippen molar-refractivity contribution in [2.45, 2.75) is 13.1 Å². The van der Waals surface area contributed by atoms with Gasteiger partial charge in [0.1, 0.15) is 0 Å². The van der Waals surface area contributed by atoms with E-state index in [9.17, 15) is 18.0 Å². The number of halogens is 3. The van der Waals surface area contributed by atoms with Crippen LogP contribution in [0.3, 0.4) is 0 Å². The predicted octanol–water partition coefficient (Wildman–Crippen LogP) is 3.64. The lowest BCUT2D eigenvalue weighted by Gasteiger charge is -2.07. The van der Waals surface area contributed by atoms with Gasteiger partial charge in [-0.2, -0.15) is 13.2 Å². The zero-order chi connectivity index (χ0) is 14.0. The second-order valence-electron chi connectivity index (χ2n) is 4.16. The lowest BCUT2D eigenvalue weighted by Crippen LogP contribution is -2.07. The number of nitrogens with zero attached hydrogens (tertiary/aromatic N) is 1. The highest BCUT2D eigenvalue weighted by molar-refractivity contribution is 6.08. The summed E-state index contributed by atoms with van der Waals surface area (Å²) >= 11 is 0. The van der Waals surface area contributed by atoms with E-state index < -0.39 is 11.7 Å². The smallest absolute Gasteiger partial charge is 0.289 e. The second kappa shape index (κ2) is 4.84. The molecule has 0 aliphatic carbocycles. The van der Waals surface area contributed by atoms with E-state index in [0.717, 1.165) is 17.7 Å². The van der Waals surface area contributed by atoms with Crippen LogP contribution in [0.4, 0.5) is 13.2 Å². The van der Waals surface area contributed by atoms with Crippen LogP contribution in [0.5, 0.6) is 0 Å². The van der Waals surface area contributed by atoms with Gasteiger partial charge in [0, 0.05) is 23.5 Å². The first kappa shape index (κ1) is 13.3. The summed E-state index contributed by atoms with van der Waals surface area (Å²) in [5, 5.41) is 0. The van der Waals surface area contributed by atoms with Gasteiger partial charge >= 0.3 is 6.18 Å². The number of rotatable bonds is 2. The van der Waals surface area contributed by atoms with Gasteiger partial charge in [-0.15, -0.1) is 0 Å². The molecule has 98 valence electrons. The zero-order valence-corrected chi connectivity index (χ0v) is 10.0. The van der Waals surface area contributed by atoms with Gasteiger partial charge < -0.3 is 0 Å². The molecule has 19 heavy (non-hydrogen) atoms. The maximum absolute atomic E-state index is 12.4. The summed E-state index contributed by atoms with van der Waals surface area (Å²) in [5.41, 5.74) is 0.615. The van der Waals surface area contributed by atoms with Crippen LogP contribution in [0.2, 0.25) is 0 Å². The Morgan fingerprint density at radius 1 is 1.05 bits per heavy atom. The van der Waals surface area contributed by atoms with E-state index in [1.54, 1.807) is 19.2 Å². The Morgan fingerprint density at radius 2 is 1.68 bits per heavy atom. The van der Waals surface area contributed by atoms with Gasteiger partial charge in [0.05, 0.1) is 5.56 Å². The highest BCUT2D eigenvalue weighted by atomic mass is 19.4. The minimum Gasteiger partial charge on any atom is -0.289 e. The van der Waals surface area contributed by atoms with Gasteiger partial charge in [-0.25, -0.2) is 0 Å². The molecule has 5 heteroatoms. The van der Waals surface area contributed by atoms with Crippen molar-refractivity contribution in [1.29, 1.82) is 0 Å². The summed E-state index contributed by atoms with van der Waals surface area (Å²) in [6.45, 7) is 1.79. The average molecular weight is 265 g/mol. The number of hydrogen-bond acceptors (Lipinski definition) is 2. The molecule has 0 spiro atoms. The molecule has 0 amide bonds. The molecule has 1 aromatic heterocycles. The number of benzene rings is 1. The first-order chi connectivity index (χ1) is 8.88. The maximum Gasteiger partial charge on any atom is 0.416 e. The minimum atomic E-state index is -4.40. The van der Waals surface area contributed by atoms with Crippen molar-refractivity contribution in [2.24, 2.45) is 0 Å². The van der Waals surface area contributed by atoms with Crippen molar-refractivity contribution in [3.63, 3.8) is 0 Å². The second-order valence-corrected chi connectivity index (χ2v) is 4.16. The standard InChI is InChI=1S/C14H10F3NO/c1-9-6-11(8-18-7-9)13(19)10-2-4-12(5-3-10)14(15,16)17/h2-8H,1H3. The fourth-order valence-electron chi connectivity index (χ4n) is 1.66. The van der Waals surface area contributed by atoms with Crippen molar-refractivity contribution < 1.29 is 18.0 Å². The third-order valence-corrected chi connectivity index (χ3v) is 2.61. The van der Waals surface area contributed by atoms with Gasteiger partial charge in [0.15, 0.2) is 5.78 Å². The normalized spacial score (nSPS) is 11.4. The number of aromatic nitrogens is 1. The zero-order valence-electron chi connectivity index (χ0n) is 10.0. The Morgan fingerprint density at radius 3 is 2.21 bits per heavy atom. The van der Waals surface area contributed by atoms with E-state index >= 15 is 0 Å². The SMILES string of the molecule is Cc1cncc(C(=O)c2ccc(C(F)(F)F)cc2)c1. The number of carbonyl (C=O) groups is 1. The molecular formula is C14H10F3NO. The van der Waals surface area contributed by atoms with Crippen LogP contribution in [0.15, 0.2) is 42.7 Å². The predicted molar refractivity (Wildman–Crippen MR) is 63.9 cm³/mol. The van der Waals surface area contributed by atoms with E-state index in [1.807, 2.05) is 0 Å². The Hall–Kier alpha value is -2.17. The van der Waals surface area contributed by atoms with Crippen molar-refractivity contribution in [1.82, 2.24) is 4.98 Å². The molecule has 0 saturated carbocycles. The number of aryl methyl sites for hydroxylation is 1. The van der Waals surface area contributed by atoms with E-state index in [2.05, 4.69) is 4.98 Å². The summed E-state index contributed by atoms with van der Waals surface area (Å²) < 4.78 is 37.2. The lowest BCUT2D eigenvalue weighted by atomic mass is 10.0. The fourth-order valence-corrected chi connectivity index (χ4v) is 1.66. The highest BCUT2D eigenvalue weighted by Crippen LogP contribution is 2.29.